The Hall–Kier alpha value is -3.82. The lowest BCUT2D eigenvalue weighted by Gasteiger charge is -2.35. The predicted molar refractivity (Wildman–Crippen MR) is 110 cm³/mol. The fourth-order valence-electron chi connectivity index (χ4n) is 4.47. The fraction of sp³-hybridized carbons (Fsp3) is 0.364. The summed E-state index contributed by atoms with van der Waals surface area (Å²) in [6.07, 6.45) is 1.74. The van der Waals surface area contributed by atoms with Crippen molar-refractivity contribution in [3.8, 4) is 5.75 Å². The molecule has 0 bridgehead atoms. The first-order chi connectivity index (χ1) is 15.5. The van der Waals surface area contributed by atoms with E-state index < -0.39 is 17.5 Å². The van der Waals surface area contributed by atoms with Gasteiger partial charge in [0.15, 0.2) is 11.3 Å². The van der Waals surface area contributed by atoms with Crippen LogP contribution in [0.5, 0.6) is 5.75 Å². The summed E-state index contributed by atoms with van der Waals surface area (Å²) in [5.74, 6) is -0.199. The molecule has 10 heteroatoms. The molecule has 0 radical (unpaired) electrons. The summed E-state index contributed by atoms with van der Waals surface area (Å²) in [7, 11) is 0. The molecule has 32 heavy (non-hydrogen) atoms. The molecule has 1 spiro atoms. The average molecular weight is 438 g/mol. The first-order valence-electron chi connectivity index (χ1n) is 10.5. The van der Waals surface area contributed by atoms with Crippen LogP contribution >= 0.6 is 0 Å². The van der Waals surface area contributed by atoms with Gasteiger partial charge < -0.3 is 24.3 Å². The molecule has 2 saturated heterocycles. The maximum Gasteiger partial charge on any atom is 0.325 e. The monoisotopic (exact) mass is 438 g/mol. The third-order valence-electron chi connectivity index (χ3n) is 6.20. The summed E-state index contributed by atoms with van der Waals surface area (Å²) in [6, 6.07) is 9.76. The van der Waals surface area contributed by atoms with Gasteiger partial charge in [-0.25, -0.2) is 4.79 Å². The summed E-state index contributed by atoms with van der Waals surface area (Å²) in [5.41, 5.74) is -0.606. The van der Waals surface area contributed by atoms with Crippen LogP contribution in [-0.4, -0.2) is 77.8 Å². The van der Waals surface area contributed by atoms with Gasteiger partial charge in [-0.05, 0) is 18.2 Å². The van der Waals surface area contributed by atoms with E-state index in [1.807, 2.05) is 0 Å². The summed E-state index contributed by atoms with van der Waals surface area (Å²) < 4.78 is 10.8. The zero-order valence-electron chi connectivity index (χ0n) is 17.3. The molecule has 0 aliphatic carbocycles. The number of amides is 5. The van der Waals surface area contributed by atoms with E-state index in [0.717, 1.165) is 4.90 Å². The molecule has 0 unspecified atom stereocenters. The molecule has 2 fully saturated rings. The Morgan fingerprint density at radius 1 is 1.00 bits per heavy atom. The number of hydrogen-bond acceptors (Lipinski definition) is 6. The first-order valence-corrected chi connectivity index (χ1v) is 10.5. The van der Waals surface area contributed by atoms with Crippen LogP contribution in [0, 0.1) is 0 Å². The van der Waals surface area contributed by atoms with Gasteiger partial charge in [0, 0.05) is 38.2 Å². The second-order valence-corrected chi connectivity index (χ2v) is 7.97. The Morgan fingerprint density at radius 3 is 2.50 bits per heavy atom. The Bertz CT molecular complexity index is 1080. The van der Waals surface area contributed by atoms with Crippen molar-refractivity contribution in [2.75, 3.05) is 39.3 Å². The standard InChI is InChI=1S/C22H22N4O6/c27-18(24-8-10-25(11-9-24)19(28)17-6-3-12-31-17)14-26-20(29)22(23-21(26)30)7-13-32-16-5-2-1-4-15(16)22/h1-6,12H,7-11,13-14H2,(H,23,30)/t22-/m1/s1. The Labute approximate surface area is 183 Å². The predicted octanol–water partition coefficient (Wildman–Crippen LogP) is 0.794. The second kappa shape index (κ2) is 7.70. The molecule has 2 aromatic rings. The summed E-state index contributed by atoms with van der Waals surface area (Å²) >= 11 is 0. The topological polar surface area (TPSA) is 112 Å². The van der Waals surface area contributed by atoms with Crippen LogP contribution in [0.25, 0.3) is 0 Å². The van der Waals surface area contributed by atoms with E-state index in [1.165, 1.54) is 6.26 Å². The van der Waals surface area contributed by atoms with E-state index in [9.17, 15) is 19.2 Å². The zero-order valence-corrected chi connectivity index (χ0v) is 17.3. The van der Waals surface area contributed by atoms with Gasteiger partial charge in [0.2, 0.25) is 5.91 Å². The Kier molecular flexibility index (Phi) is 4.84. The van der Waals surface area contributed by atoms with Gasteiger partial charge in [0.25, 0.3) is 11.8 Å². The van der Waals surface area contributed by atoms with Gasteiger partial charge in [0.1, 0.15) is 12.3 Å². The van der Waals surface area contributed by atoms with Crippen LogP contribution in [-0.2, 0) is 15.1 Å². The minimum absolute atomic E-state index is 0.226. The number of imide groups is 1. The molecule has 3 aliphatic heterocycles. The number of ether oxygens (including phenoxy) is 1. The van der Waals surface area contributed by atoms with Crippen LogP contribution in [0.3, 0.4) is 0 Å². The van der Waals surface area contributed by atoms with Crippen LogP contribution in [0.15, 0.2) is 47.1 Å². The molecule has 1 aromatic carbocycles. The molecule has 166 valence electrons. The van der Waals surface area contributed by atoms with Crippen LogP contribution in [0.4, 0.5) is 4.79 Å². The summed E-state index contributed by atoms with van der Waals surface area (Å²) in [4.78, 5) is 55.4. The normalized spacial score (nSPS) is 22.6. The van der Waals surface area contributed by atoms with Crippen molar-refractivity contribution >= 4 is 23.8 Å². The summed E-state index contributed by atoms with van der Waals surface area (Å²) in [6.45, 7) is 1.27. The minimum Gasteiger partial charge on any atom is -0.493 e. The van der Waals surface area contributed by atoms with Crippen molar-refractivity contribution in [1.82, 2.24) is 20.0 Å². The molecule has 10 nitrogen and oxygen atoms in total. The van der Waals surface area contributed by atoms with E-state index in [1.54, 1.807) is 46.2 Å². The van der Waals surface area contributed by atoms with Gasteiger partial charge >= 0.3 is 6.03 Å². The minimum atomic E-state index is -1.21. The lowest BCUT2D eigenvalue weighted by Crippen LogP contribution is -2.53. The highest BCUT2D eigenvalue weighted by Crippen LogP contribution is 2.40. The molecule has 3 aliphatic rings. The van der Waals surface area contributed by atoms with Gasteiger partial charge in [-0.3, -0.25) is 19.3 Å². The largest absolute Gasteiger partial charge is 0.493 e. The van der Waals surface area contributed by atoms with E-state index in [4.69, 9.17) is 9.15 Å². The molecule has 1 N–H and O–H groups in total. The van der Waals surface area contributed by atoms with Crippen molar-refractivity contribution in [2.24, 2.45) is 0 Å². The Morgan fingerprint density at radius 2 is 1.75 bits per heavy atom. The molecule has 4 heterocycles. The van der Waals surface area contributed by atoms with Gasteiger partial charge in [-0.1, -0.05) is 18.2 Å². The molecule has 1 aromatic heterocycles. The van der Waals surface area contributed by atoms with Crippen molar-refractivity contribution in [2.45, 2.75) is 12.0 Å². The van der Waals surface area contributed by atoms with E-state index >= 15 is 0 Å². The van der Waals surface area contributed by atoms with Crippen molar-refractivity contribution in [1.29, 1.82) is 0 Å². The number of hydrogen-bond donors (Lipinski definition) is 1. The molecule has 1 atom stereocenters. The fourth-order valence-corrected chi connectivity index (χ4v) is 4.47. The lowest BCUT2D eigenvalue weighted by atomic mass is 9.84. The third kappa shape index (κ3) is 3.19. The molecule has 5 amide bonds. The van der Waals surface area contributed by atoms with Crippen LogP contribution < -0.4 is 10.1 Å². The third-order valence-corrected chi connectivity index (χ3v) is 6.20. The molecule has 0 saturated carbocycles. The van der Waals surface area contributed by atoms with Gasteiger partial charge in [-0.2, -0.15) is 0 Å². The van der Waals surface area contributed by atoms with Crippen LogP contribution in [0.1, 0.15) is 22.5 Å². The van der Waals surface area contributed by atoms with Crippen molar-refractivity contribution < 1.29 is 28.3 Å². The maximum atomic E-state index is 13.3. The lowest BCUT2D eigenvalue weighted by molar-refractivity contribution is -0.140. The van der Waals surface area contributed by atoms with E-state index in [-0.39, 0.29) is 30.7 Å². The van der Waals surface area contributed by atoms with E-state index in [0.29, 0.717) is 43.9 Å². The highest BCUT2D eigenvalue weighted by molar-refractivity contribution is 6.09. The number of nitrogens with zero attached hydrogens (tertiary/aromatic N) is 3. The van der Waals surface area contributed by atoms with Gasteiger partial charge in [-0.15, -0.1) is 0 Å². The second-order valence-electron chi connectivity index (χ2n) is 7.97. The number of para-hydroxylation sites is 1. The number of carbonyl (C=O) groups is 4. The number of carbonyl (C=O) groups excluding carboxylic acids is 4. The smallest absolute Gasteiger partial charge is 0.325 e. The maximum absolute atomic E-state index is 13.3. The number of piperazine rings is 1. The highest BCUT2D eigenvalue weighted by atomic mass is 16.5. The van der Waals surface area contributed by atoms with E-state index in [2.05, 4.69) is 5.32 Å². The highest BCUT2D eigenvalue weighted by Gasteiger charge is 2.55. The number of urea groups is 1. The van der Waals surface area contributed by atoms with Crippen LogP contribution in [0.2, 0.25) is 0 Å². The molecule has 5 rings (SSSR count). The number of nitrogens with one attached hydrogen (secondary N) is 1. The number of fused-ring (bicyclic) bond motifs is 2. The van der Waals surface area contributed by atoms with Gasteiger partial charge in [0.05, 0.1) is 12.9 Å². The molecular formula is C22H22N4O6. The number of rotatable bonds is 3. The first kappa shape index (κ1) is 20.1. The summed E-state index contributed by atoms with van der Waals surface area (Å²) in [5, 5.41) is 2.79. The van der Waals surface area contributed by atoms with Crippen molar-refractivity contribution in [3.63, 3.8) is 0 Å². The average Bonchev–Trinajstić information content (AvgIpc) is 3.43. The molecular weight excluding hydrogens is 416 g/mol. The quantitative estimate of drug-likeness (QED) is 0.710. The van der Waals surface area contributed by atoms with Crippen molar-refractivity contribution in [3.05, 3.63) is 54.0 Å². The Balaban J connectivity index is 1.25. The SMILES string of the molecule is O=C(CN1C(=O)N[C@@]2(CCOc3ccccc32)C1=O)N1CCN(C(=O)c2ccco2)CC1. The number of furan rings is 1. The number of benzene rings is 1. The zero-order chi connectivity index (χ0) is 22.3.